The molecule has 0 radical (unpaired) electrons. The van der Waals surface area contributed by atoms with Gasteiger partial charge >= 0.3 is 6.03 Å². The van der Waals surface area contributed by atoms with Gasteiger partial charge in [0.1, 0.15) is 5.70 Å². The SMILES string of the molecule is CC.O=C1NC(=O)/C(=C/c2ccnc(N3CCCC3)n2)N1. The fourth-order valence-corrected chi connectivity index (χ4v) is 2.14. The smallest absolute Gasteiger partial charge is 0.326 e. The molecule has 0 spiro atoms. The van der Waals surface area contributed by atoms with Gasteiger partial charge in [0.25, 0.3) is 5.91 Å². The summed E-state index contributed by atoms with van der Waals surface area (Å²) >= 11 is 0. The van der Waals surface area contributed by atoms with Gasteiger partial charge in [-0.2, -0.15) is 0 Å². The lowest BCUT2D eigenvalue weighted by atomic mass is 10.3. The zero-order chi connectivity index (χ0) is 15.2. The molecule has 2 N–H and O–H groups in total. The van der Waals surface area contributed by atoms with E-state index >= 15 is 0 Å². The Morgan fingerprint density at radius 3 is 2.52 bits per heavy atom. The number of rotatable bonds is 2. The van der Waals surface area contributed by atoms with Crippen LogP contribution >= 0.6 is 0 Å². The van der Waals surface area contributed by atoms with Gasteiger partial charge in [0.2, 0.25) is 5.95 Å². The average Bonchev–Trinajstić information content (AvgIpc) is 3.12. The van der Waals surface area contributed by atoms with Gasteiger partial charge in [0, 0.05) is 19.3 Å². The lowest BCUT2D eigenvalue weighted by Gasteiger charge is -2.14. The summed E-state index contributed by atoms with van der Waals surface area (Å²) in [4.78, 5) is 33.1. The number of urea groups is 1. The van der Waals surface area contributed by atoms with E-state index in [-0.39, 0.29) is 5.70 Å². The first-order chi connectivity index (χ1) is 10.2. The molecule has 3 amide bonds. The molecule has 7 nitrogen and oxygen atoms in total. The van der Waals surface area contributed by atoms with Crippen LogP contribution in [0.4, 0.5) is 10.7 Å². The highest BCUT2D eigenvalue weighted by Crippen LogP contribution is 2.16. The Bertz CT molecular complexity index is 564. The van der Waals surface area contributed by atoms with Crippen LogP contribution in [0.25, 0.3) is 6.08 Å². The quantitative estimate of drug-likeness (QED) is 0.632. The van der Waals surface area contributed by atoms with Gasteiger partial charge in [0.15, 0.2) is 0 Å². The zero-order valence-electron chi connectivity index (χ0n) is 12.2. The molecule has 7 heteroatoms. The Morgan fingerprint density at radius 1 is 1.19 bits per heavy atom. The van der Waals surface area contributed by atoms with Crippen molar-refractivity contribution in [3.05, 3.63) is 23.7 Å². The second kappa shape index (κ2) is 6.83. The predicted molar refractivity (Wildman–Crippen MR) is 79.5 cm³/mol. The topological polar surface area (TPSA) is 87.2 Å². The van der Waals surface area contributed by atoms with Gasteiger partial charge in [-0.05, 0) is 25.0 Å². The van der Waals surface area contributed by atoms with Crippen molar-refractivity contribution in [2.24, 2.45) is 0 Å². The molecule has 3 heterocycles. The van der Waals surface area contributed by atoms with E-state index in [1.807, 2.05) is 13.8 Å². The summed E-state index contributed by atoms with van der Waals surface area (Å²) in [5.74, 6) is 0.225. The molecular formula is C14H19N5O2. The molecule has 0 unspecified atom stereocenters. The minimum absolute atomic E-state index is 0.205. The van der Waals surface area contributed by atoms with Gasteiger partial charge in [-0.25, -0.2) is 14.8 Å². The van der Waals surface area contributed by atoms with E-state index in [4.69, 9.17) is 0 Å². The van der Waals surface area contributed by atoms with Crippen molar-refractivity contribution in [3.63, 3.8) is 0 Å². The van der Waals surface area contributed by atoms with E-state index in [0.29, 0.717) is 11.6 Å². The molecule has 1 aromatic heterocycles. The van der Waals surface area contributed by atoms with Crippen LogP contribution in [0.1, 0.15) is 32.4 Å². The molecule has 21 heavy (non-hydrogen) atoms. The maximum Gasteiger partial charge on any atom is 0.326 e. The molecule has 0 aliphatic carbocycles. The number of nitrogens with one attached hydrogen (secondary N) is 2. The van der Waals surface area contributed by atoms with Gasteiger partial charge in [-0.15, -0.1) is 0 Å². The molecule has 0 bridgehead atoms. The van der Waals surface area contributed by atoms with Crippen molar-refractivity contribution in [1.82, 2.24) is 20.6 Å². The number of nitrogens with zero attached hydrogens (tertiary/aromatic N) is 3. The number of imide groups is 1. The maximum absolute atomic E-state index is 11.4. The lowest BCUT2D eigenvalue weighted by molar-refractivity contribution is -0.115. The fourth-order valence-electron chi connectivity index (χ4n) is 2.14. The van der Waals surface area contributed by atoms with Crippen molar-refractivity contribution in [3.8, 4) is 0 Å². The van der Waals surface area contributed by atoms with Crippen molar-refractivity contribution in [2.75, 3.05) is 18.0 Å². The van der Waals surface area contributed by atoms with E-state index in [1.165, 1.54) is 0 Å². The van der Waals surface area contributed by atoms with Gasteiger partial charge in [-0.1, -0.05) is 13.8 Å². The van der Waals surface area contributed by atoms with E-state index in [2.05, 4.69) is 25.5 Å². The minimum atomic E-state index is -0.509. The Morgan fingerprint density at radius 2 is 1.90 bits per heavy atom. The summed E-state index contributed by atoms with van der Waals surface area (Å²) < 4.78 is 0. The number of carbonyl (C=O) groups is 2. The van der Waals surface area contributed by atoms with Crippen LogP contribution in [-0.4, -0.2) is 35.0 Å². The van der Waals surface area contributed by atoms with E-state index in [9.17, 15) is 9.59 Å². The summed E-state index contributed by atoms with van der Waals surface area (Å²) in [7, 11) is 0. The zero-order valence-corrected chi connectivity index (χ0v) is 12.2. The van der Waals surface area contributed by atoms with E-state index in [0.717, 1.165) is 25.9 Å². The molecule has 112 valence electrons. The first-order valence-electron chi connectivity index (χ1n) is 7.14. The monoisotopic (exact) mass is 289 g/mol. The lowest BCUT2D eigenvalue weighted by Crippen LogP contribution is -2.22. The molecule has 2 aliphatic heterocycles. The number of anilines is 1. The minimum Gasteiger partial charge on any atom is -0.341 e. The fraction of sp³-hybridized carbons (Fsp3) is 0.429. The number of hydrogen-bond donors (Lipinski definition) is 2. The largest absolute Gasteiger partial charge is 0.341 e. The van der Waals surface area contributed by atoms with Crippen LogP contribution in [-0.2, 0) is 4.79 Å². The van der Waals surface area contributed by atoms with Crippen LogP contribution in [0.2, 0.25) is 0 Å². The van der Waals surface area contributed by atoms with Crippen LogP contribution in [0.5, 0.6) is 0 Å². The van der Waals surface area contributed by atoms with Crippen LogP contribution < -0.4 is 15.5 Å². The third-order valence-electron chi connectivity index (χ3n) is 3.07. The predicted octanol–water partition coefficient (Wildman–Crippen LogP) is 1.28. The maximum atomic E-state index is 11.4. The molecule has 1 aromatic rings. The normalized spacial score (nSPS) is 19.1. The van der Waals surface area contributed by atoms with E-state index in [1.54, 1.807) is 18.3 Å². The number of amides is 3. The first-order valence-corrected chi connectivity index (χ1v) is 7.14. The average molecular weight is 289 g/mol. The summed E-state index contributed by atoms with van der Waals surface area (Å²) in [6, 6.07) is 1.19. The summed E-state index contributed by atoms with van der Waals surface area (Å²) in [5, 5.41) is 4.57. The number of aromatic nitrogens is 2. The summed E-state index contributed by atoms with van der Waals surface area (Å²) in [6.07, 6.45) is 5.49. The highest BCUT2D eigenvalue weighted by atomic mass is 16.2. The summed E-state index contributed by atoms with van der Waals surface area (Å²) in [6.45, 7) is 5.91. The molecule has 3 rings (SSSR count). The van der Waals surface area contributed by atoms with Crippen LogP contribution in [0.15, 0.2) is 18.0 Å². The summed E-state index contributed by atoms with van der Waals surface area (Å²) in [5.41, 5.74) is 0.806. The number of hydrogen-bond acceptors (Lipinski definition) is 5. The van der Waals surface area contributed by atoms with Gasteiger partial charge in [-0.3, -0.25) is 10.1 Å². The van der Waals surface area contributed by atoms with Gasteiger partial charge in [0.05, 0.1) is 5.69 Å². The highest BCUT2D eigenvalue weighted by Gasteiger charge is 2.23. The standard InChI is InChI=1S/C12H13N5O2.C2H6/c18-10-9(15-12(19)16-10)7-8-3-4-13-11(14-8)17-5-1-2-6-17;1-2/h3-4,7H,1-2,5-6H2,(H2,15,16,18,19);1-2H3/b9-7-;. The molecular weight excluding hydrogens is 270 g/mol. The van der Waals surface area contributed by atoms with Crippen molar-refractivity contribution in [1.29, 1.82) is 0 Å². The molecule has 0 atom stereocenters. The molecule has 0 aromatic carbocycles. The molecule has 2 fully saturated rings. The van der Waals surface area contributed by atoms with Crippen LogP contribution in [0, 0.1) is 0 Å². The van der Waals surface area contributed by atoms with Crippen molar-refractivity contribution < 1.29 is 9.59 Å². The Labute approximate surface area is 123 Å². The Balaban J connectivity index is 0.000000774. The first kappa shape index (κ1) is 15.0. The third-order valence-corrected chi connectivity index (χ3v) is 3.07. The second-order valence-corrected chi connectivity index (χ2v) is 4.44. The van der Waals surface area contributed by atoms with E-state index < -0.39 is 11.9 Å². The molecule has 2 saturated heterocycles. The Kier molecular flexibility index (Phi) is 4.86. The molecule has 0 saturated carbocycles. The third kappa shape index (κ3) is 3.56. The highest BCUT2D eigenvalue weighted by molar-refractivity contribution is 6.13. The molecule has 2 aliphatic rings. The van der Waals surface area contributed by atoms with Crippen molar-refractivity contribution >= 4 is 24.0 Å². The van der Waals surface area contributed by atoms with Crippen LogP contribution in [0.3, 0.4) is 0 Å². The van der Waals surface area contributed by atoms with Gasteiger partial charge < -0.3 is 10.2 Å². The Hall–Kier alpha value is -2.44. The van der Waals surface area contributed by atoms with Crippen molar-refractivity contribution in [2.45, 2.75) is 26.7 Å². The second-order valence-electron chi connectivity index (χ2n) is 4.44. The number of carbonyl (C=O) groups excluding carboxylic acids is 2.